The molecule has 2 aromatic rings. The molecule has 0 aliphatic carbocycles. The van der Waals surface area contributed by atoms with Gasteiger partial charge in [0.15, 0.2) is 11.5 Å². The molecule has 0 bridgehead atoms. The number of aromatic nitrogens is 2. The first-order valence-electron chi connectivity index (χ1n) is 8.36. The summed E-state index contributed by atoms with van der Waals surface area (Å²) in [5.74, 6) is -0.400. The number of ether oxygens (including phenoxy) is 2. The third-order valence-corrected chi connectivity index (χ3v) is 4.56. The van der Waals surface area contributed by atoms with Crippen molar-refractivity contribution in [3.8, 4) is 11.5 Å². The van der Waals surface area contributed by atoms with Gasteiger partial charge in [0, 0.05) is 31.6 Å². The van der Waals surface area contributed by atoms with E-state index >= 15 is 0 Å². The topological polar surface area (TPSA) is 50.7 Å². The maximum absolute atomic E-state index is 13.4. The van der Waals surface area contributed by atoms with Gasteiger partial charge in [-0.3, -0.25) is 0 Å². The minimum Gasteiger partial charge on any atom is -0.493 e. The lowest BCUT2D eigenvalue weighted by Gasteiger charge is -2.35. The standard InChI is InChI=1S/C17H21F3N4O2/c1-4-23-7-9-24(10-8-23)15-11-5-6-12(25-2)14(26-3)13(11)21-16(22-15)17(18,19)20/h5-6H,4,7-10H2,1-3H3. The number of anilines is 1. The smallest absolute Gasteiger partial charge is 0.451 e. The zero-order valence-corrected chi connectivity index (χ0v) is 14.9. The minimum absolute atomic E-state index is 0.0992. The molecule has 1 fully saturated rings. The molecule has 142 valence electrons. The average Bonchev–Trinajstić information content (AvgIpc) is 2.65. The summed E-state index contributed by atoms with van der Waals surface area (Å²) in [7, 11) is 2.81. The summed E-state index contributed by atoms with van der Waals surface area (Å²) < 4.78 is 50.6. The number of hydrogen-bond acceptors (Lipinski definition) is 6. The number of piperazine rings is 1. The summed E-state index contributed by atoms with van der Waals surface area (Å²) in [6.07, 6.45) is -4.65. The number of nitrogens with zero attached hydrogens (tertiary/aromatic N) is 4. The summed E-state index contributed by atoms with van der Waals surface area (Å²) >= 11 is 0. The Bertz CT molecular complexity index is 790. The third kappa shape index (κ3) is 3.35. The second-order valence-electron chi connectivity index (χ2n) is 5.99. The van der Waals surface area contributed by atoms with Gasteiger partial charge in [-0.25, -0.2) is 9.97 Å². The molecule has 26 heavy (non-hydrogen) atoms. The van der Waals surface area contributed by atoms with E-state index in [-0.39, 0.29) is 17.1 Å². The van der Waals surface area contributed by atoms with Crippen LogP contribution in [0, 0.1) is 0 Å². The molecule has 0 saturated carbocycles. The largest absolute Gasteiger partial charge is 0.493 e. The van der Waals surface area contributed by atoms with Crippen molar-refractivity contribution in [2.75, 3.05) is 51.8 Å². The number of halogens is 3. The first-order chi connectivity index (χ1) is 12.4. The van der Waals surface area contributed by atoms with Crippen LogP contribution < -0.4 is 14.4 Å². The van der Waals surface area contributed by atoms with Crippen molar-refractivity contribution < 1.29 is 22.6 Å². The van der Waals surface area contributed by atoms with Crippen LogP contribution in [0.4, 0.5) is 19.0 Å². The Morgan fingerprint density at radius 1 is 1.04 bits per heavy atom. The highest BCUT2D eigenvalue weighted by Crippen LogP contribution is 2.39. The fourth-order valence-electron chi connectivity index (χ4n) is 3.14. The van der Waals surface area contributed by atoms with Gasteiger partial charge >= 0.3 is 6.18 Å². The van der Waals surface area contributed by atoms with E-state index in [9.17, 15) is 13.2 Å². The van der Waals surface area contributed by atoms with Crippen LogP contribution in [0.15, 0.2) is 12.1 Å². The molecule has 9 heteroatoms. The number of alkyl halides is 3. The molecule has 0 amide bonds. The first-order valence-corrected chi connectivity index (χ1v) is 8.36. The minimum atomic E-state index is -4.65. The van der Waals surface area contributed by atoms with Crippen LogP contribution in [0.1, 0.15) is 12.7 Å². The molecule has 3 rings (SSSR count). The van der Waals surface area contributed by atoms with Gasteiger partial charge in [-0.15, -0.1) is 0 Å². The van der Waals surface area contributed by atoms with Crippen molar-refractivity contribution >= 4 is 16.7 Å². The number of rotatable bonds is 4. The van der Waals surface area contributed by atoms with Crippen molar-refractivity contribution in [2.45, 2.75) is 13.1 Å². The van der Waals surface area contributed by atoms with Gasteiger partial charge < -0.3 is 19.3 Å². The summed E-state index contributed by atoms with van der Waals surface area (Å²) in [5.41, 5.74) is 0.0992. The average molecular weight is 370 g/mol. The molecular weight excluding hydrogens is 349 g/mol. The van der Waals surface area contributed by atoms with Crippen LogP contribution in [0.3, 0.4) is 0 Å². The number of hydrogen-bond donors (Lipinski definition) is 0. The molecule has 0 spiro atoms. The Hall–Kier alpha value is -2.29. The first kappa shape index (κ1) is 18.5. The zero-order valence-electron chi connectivity index (χ0n) is 14.9. The van der Waals surface area contributed by atoms with Crippen LogP contribution in [0.2, 0.25) is 0 Å². The number of likely N-dealkylation sites (N-methyl/N-ethyl adjacent to an activating group) is 1. The summed E-state index contributed by atoms with van der Waals surface area (Å²) in [5, 5.41) is 0.514. The van der Waals surface area contributed by atoms with Crippen molar-refractivity contribution in [3.63, 3.8) is 0 Å². The highest BCUT2D eigenvalue weighted by molar-refractivity contribution is 5.95. The van der Waals surface area contributed by atoms with Crippen molar-refractivity contribution in [2.24, 2.45) is 0 Å². The van der Waals surface area contributed by atoms with E-state index in [4.69, 9.17) is 9.47 Å². The lowest BCUT2D eigenvalue weighted by atomic mass is 10.1. The fourth-order valence-corrected chi connectivity index (χ4v) is 3.14. The van der Waals surface area contributed by atoms with Crippen LogP contribution >= 0.6 is 0 Å². The van der Waals surface area contributed by atoms with Gasteiger partial charge in [-0.1, -0.05) is 6.92 Å². The summed E-state index contributed by atoms with van der Waals surface area (Å²) in [6, 6.07) is 3.34. The maximum atomic E-state index is 13.4. The van der Waals surface area contributed by atoms with Gasteiger partial charge in [-0.2, -0.15) is 13.2 Å². The van der Waals surface area contributed by atoms with Crippen LogP contribution in [0.25, 0.3) is 10.9 Å². The Balaban J connectivity index is 2.17. The van der Waals surface area contributed by atoms with Crippen molar-refractivity contribution in [3.05, 3.63) is 18.0 Å². The molecular formula is C17H21F3N4O2. The molecule has 0 unspecified atom stereocenters. The SMILES string of the molecule is CCN1CCN(c2nc(C(F)(F)F)nc3c(OC)c(OC)ccc23)CC1. The predicted octanol–water partition coefficient (Wildman–Crippen LogP) is 2.81. The Morgan fingerprint density at radius 3 is 2.27 bits per heavy atom. The molecule has 0 radical (unpaired) electrons. The predicted molar refractivity (Wildman–Crippen MR) is 92.0 cm³/mol. The highest BCUT2D eigenvalue weighted by Gasteiger charge is 2.37. The van der Waals surface area contributed by atoms with Gasteiger partial charge in [-0.05, 0) is 18.7 Å². The van der Waals surface area contributed by atoms with Gasteiger partial charge in [0.1, 0.15) is 11.3 Å². The van der Waals surface area contributed by atoms with E-state index in [1.807, 2.05) is 4.90 Å². The molecule has 6 nitrogen and oxygen atoms in total. The van der Waals surface area contributed by atoms with E-state index in [0.29, 0.717) is 24.2 Å². The lowest BCUT2D eigenvalue weighted by Crippen LogP contribution is -2.46. The van der Waals surface area contributed by atoms with Gasteiger partial charge in [0.2, 0.25) is 5.82 Å². The second-order valence-corrected chi connectivity index (χ2v) is 5.99. The molecule has 1 saturated heterocycles. The fraction of sp³-hybridized carbons (Fsp3) is 0.529. The second kappa shape index (κ2) is 7.14. The molecule has 1 aliphatic heterocycles. The molecule has 0 N–H and O–H groups in total. The number of methoxy groups -OCH3 is 2. The highest BCUT2D eigenvalue weighted by atomic mass is 19.4. The molecule has 0 atom stereocenters. The van der Waals surface area contributed by atoms with Crippen LogP contribution in [-0.2, 0) is 6.18 Å². The molecule has 1 aliphatic rings. The Labute approximate surface area is 149 Å². The maximum Gasteiger partial charge on any atom is 0.451 e. The Kier molecular flexibility index (Phi) is 5.08. The van der Waals surface area contributed by atoms with E-state index < -0.39 is 12.0 Å². The third-order valence-electron chi connectivity index (χ3n) is 4.56. The summed E-state index contributed by atoms with van der Waals surface area (Å²) in [6.45, 7) is 5.73. The van der Waals surface area contributed by atoms with E-state index in [0.717, 1.165) is 19.6 Å². The lowest BCUT2D eigenvalue weighted by molar-refractivity contribution is -0.144. The number of benzene rings is 1. The van der Waals surface area contributed by atoms with Gasteiger partial charge in [0.25, 0.3) is 0 Å². The molecule has 2 heterocycles. The normalized spacial score (nSPS) is 16.2. The monoisotopic (exact) mass is 370 g/mol. The number of fused-ring (bicyclic) bond motifs is 1. The van der Waals surface area contributed by atoms with E-state index in [1.54, 1.807) is 12.1 Å². The van der Waals surface area contributed by atoms with E-state index in [1.165, 1.54) is 14.2 Å². The van der Waals surface area contributed by atoms with E-state index in [2.05, 4.69) is 21.8 Å². The van der Waals surface area contributed by atoms with Crippen molar-refractivity contribution in [1.29, 1.82) is 0 Å². The Morgan fingerprint density at radius 2 is 1.73 bits per heavy atom. The van der Waals surface area contributed by atoms with Gasteiger partial charge in [0.05, 0.1) is 14.2 Å². The van der Waals surface area contributed by atoms with Crippen LogP contribution in [-0.4, -0.2) is 61.8 Å². The molecule has 1 aromatic carbocycles. The molecule has 1 aromatic heterocycles. The summed E-state index contributed by atoms with van der Waals surface area (Å²) in [4.78, 5) is 11.7. The van der Waals surface area contributed by atoms with Crippen LogP contribution in [0.5, 0.6) is 11.5 Å². The zero-order chi connectivity index (χ0) is 18.9. The quantitative estimate of drug-likeness (QED) is 0.825. The van der Waals surface area contributed by atoms with Crippen molar-refractivity contribution in [1.82, 2.24) is 14.9 Å².